The maximum absolute atomic E-state index is 9.52. The van der Waals surface area contributed by atoms with Crippen LogP contribution in [0.4, 0.5) is 0 Å². The summed E-state index contributed by atoms with van der Waals surface area (Å²) in [5.74, 6) is 1.32. The molecule has 3 aromatic rings. The van der Waals surface area contributed by atoms with Gasteiger partial charge in [-0.1, -0.05) is 18.2 Å². The maximum Gasteiger partial charge on any atom is 0.124 e. The largest absolute Gasteiger partial charge is 0.508 e. The molecule has 21 heavy (non-hydrogen) atoms. The predicted molar refractivity (Wildman–Crippen MR) is 83.2 cm³/mol. The summed E-state index contributed by atoms with van der Waals surface area (Å²) in [5, 5.41) is 15.1. The van der Waals surface area contributed by atoms with Crippen LogP contribution in [0.5, 0.6) is 5.75 Å². The van der Waals surface area contributed by atoms with E-state index >= 15 is 0 Å². The fourth-order valence-corrected chi connectivity index (χ4v) is 2.97. The molecule has 0 radical (unpaired) electrons. The molecule has 4 nitrogen and oxygen atoms in total. The Hall–Kier alpha value is -2.33. The quantitative estimate of drug-likeness (QED) is 0.674. The molecule has 0 spiro atoms. The van der Waals surface area contributed by atoms with Gasteiger partial charge in [0.15, 0.2) is 0 Å². The Bertz CT molecular complexity index is 788. The molecular weight excluding hydrogens is 262 g/mol. The van der Waals surface area contributed by atoms with E-state index in [1.807, 2.05) is 24.4 Å². The zero-order chi connectivity index (χ0) is 14.2. The smallest absolute Gasteiger partial charge is 0.124 e. The third-order valence-corrected chi connectivity index (χ3v) is 4.11. The standard InChI is InChI=1S/C17H17N3O/c21-14-6-5-11-8-13(4-3-12(11)9-14)16-10-19-17(20-16)15-2-1-7-18-15/h3-6,8-10,15,18,21H,1-2,7H2,(H,19,20)/t15-/m0/s1. The minimum Gasteiger partial charge on any atom is -0.508 e. The van der Waals surface area contributed by atoms with Gasteiger partial charge in [-0.3, -0.25) is 0 Å². The van der Waals surface area contributed by atoms with Crippen LogP contribution < -0.4 is 5.32 Å². The number of hydrogen-bond donors (Lipinski definition) is 3. The number of aromatic nitrogens is 2. The highest BCUT2D eigenvalue weighted by Crippen LogP contribution is 2.27. The molecule has 0 bridgehead atoms. The van der Waals surface area contributed by atoms with Crippen molar-refractivity contribution in [1.29, 1.82) is 0 Å². The monoisotopic (exact) mass is 279 g/mol. The van der Waals surface area contributed by atoms with E-state index in [4.69, 9.17) is 4.98 Å². The normalized spacial score (nSPS) is 18.4. The number of aromatic hydroxyl groups is 1. The average Bonchev–Trinajstić information content (AvgIpc) is 3.17. The topological polar surface area (TPSA) is 60.9 Å². The van der Waals surface area contributed by atoms with Crippen molar-refractivity contribution in [2.45, 2.75) is 18.9 Å². The molecule has 1 aliphatic heterocycles. The molecule has 0 unspecified atom stereocenters. The fourth-order valence-electron chi connectivity index (χ4n) is 2.97. The van der Waals surface area contributed by atoms with E-state index < -0.39 is 0 Å². The summed E-state index contributed by atoms with van der Waals surface area (Å²) >= 11 is 0. The summed E-state index contributed by atoms with van der Waals surface area (Å²) in [7, 11) is 0. The molecule has 1 atom stereocenters. The molecule has 2 aromatic carbocycles. The van der Waals surface area contributed by atoms with Crippen LogP contribution in [-0.2, 0) is 0 Å². The number of aromatic amines is 1. The number of nitrogens with zero attached hydrogens (tertiary/aromatic N) is 1. The van der Waals surface area contributed by atoms with Gasteiger partial charge < -0.3 is 15.4 Å². The van der Waals surface area contributed by atoms with Crippen molar-refractivity contribution in [2.24, 2.45) is 0 Å². The number of fused-ring (bicyclic) bond motifs is 1. The highest BCUT2D eigenvalue weighted by Gasteiger charge is 2.19. The number of nitrogens with one attached hydrogen (secondary N) is 2. The molecule has 1 aromatic heterocycles. The van der Waals surface area contributed by atoms with Crippen molar-refractivity contribution in [2.75, 3.05) is 6.54 Å². The van der Waals surface area contributed by atoms with Crippen molar-refractivity contribution >= 4 is 10.8 Å². The first-order valence-electron chi connectivity index (χ1n) is 7.31. The number of phenolic OH excluding ortho intramolecular Hbond substituents is 1. The van der Waals surface area contributed by atoms with Crippen LogP contribution in [0, 0.1) is 0 Å². The van der Waals surface area contributed by atoms with E-state index in [0.29, 0.717) is 11.8 Å². The third kappa shape index (κ3) is 2.28. The predicted octanol–water partition coefficient (Wildman–Crippen LogP) is 3.36. The van der Waals surface area contributed by atoms with E-state index in [-0.39, 0.29) is 0 Å². The number of hydrogen-bond acceptors (Lipinski definition) is 3. The Kier molecular flexibility index (Phi) is 2.89. The zero-order valence-corrected chi connectivity index (χ0v) is 11.6. The van der Waals surface area contributed by atoms with Crippen LogP contribution >= 0.6 is 0 Å². The highest BCUT2D eigenvalue weighted by molar-refractivity contribution is 5.87. The molecule has 1 fully saturated rings. The summed E-state index contributed by atoms with van der Waals surface area (Å²) in [6, 6.07) is 12.0. The minimum absolute atomic E-state index is 0.296. The molecule has 0 amide bonds. The van der Waals surface area contributed by atoms with E-state index in [2.05, 4.69) is 16.4 Å². The van der Waals surface area contributed by atoms with Crippen LogP contribution in [-0.4, -0.2) is 21.6 Å². The Morgan fingerprint density at radius 1 is 1.10 bits per heavy atom. The van der Waals surface area contributed by atoms with Crippen LogP contribution in [0.3, 0.4) is 0 Å². The molecule has 4 rings (SSSR count). The average molecular weight is 279 g/mol. The number of imidazole rings is 1. The van der Waals surface area contributed by atoms with Crippen LogP contribution in [0.15, 0.2) is 42.6 Å². The maximum atomic E-state index is 9.52. The first-order chi connectivity index (χ1) is 10.3. The van der Waals surface area contributed by atoms with Crippen molar-refractivity contribution in [3.63, 3.8) is 0 Å². The SMILES string of the molecule is Oc1ccc2cc(-c3c[nH]c([C@@H]4CCCN4)n3)ccc2c1. The molecule has 3 N–H and O–H groups in total. The molecule has 4 heteroatoms. The van der Waals surface area contributed by atoms with Gasteiger partial charge in [0.25, 0.3) is 0 Å². The van der Waals surface area contributed by atoms with Crippen molar-refractivity contribution in [3.8, 4) is 17.0 Å². The van der Waals surface area contributed by atoms with Gasteiger partial charge in [0.05, 0.1) is 11.7 Å². The van der Waals surface area contributed by atoms with E-state index in [1.165, 1.54) is 6.42 Å². The third-order valence-electron chi connectivity index (χ3n) is 4.11. The lowest BCUT2D eigenvalue weighted by atomic mass is 10.1. The molecular formula is C17H17N3O. The zero-order valence-electron chi connectivity index (χ0n) is 11.6. The van der Waals surface area contributed by atoms with Crippen molar-refractivity contribution < 1.29 is 5.11 Å². The van der Waals surface area contributed by atoms with Crippen molar-refractivity contribution in [3.05, 3.63) is 48.4 Å². The molecule has 106 valence electrons. The Morgan fingerprint density at radius 2 is 1.95 bits per heavy atom. The van der Waals surface area contributed by atoms with E-state index in [0.717, 1.165) is 40.8 Å². The Labute approximate surface area is 122 Å². The van der Waals surface area contributed by atoms with Gasteiger partial charge in [-0.25, -0.2) is 4.98 Å². The molecule has 1 saturated heterocycles. The molecule has 2 heterocycles. The van der Waals surface area contributed by atoms with Crippen LogP contribution in [0.1, 0.15) is 24.7 Å². The number of phenols is 1. The van der Waals surface area contributed by atoms with Gasteiger partial charge >= 0.3 is 0 Å². The number of rotatable bonds is 2. The summed E-state index contributed by atoms with van der Waals surface area (Å²) < 4.78 is 0. The molecule has 0 aliphatic carbocycles. The lowest BCUT2D eigenvalue weighted by Crippen LogP contribution is -2.14. The summed E-state index contributed by atoms with van der Waals surface area (Å²) in [6.45, 7) is 1.07. The van der Waals surface area contributed by atoms with Gasteiger partial charge in [-0.05, 0) is 48.4 Å². The Balaban J connectivity index is 1.71. The van der Waals surface area contributed by atoms with E-state index in [9.17, 15) is 5.11 Å². The fraction of sp³-hybridized carbons (Fsp3) is 0.235. The second-order valence-corrected chi connectivity index (χ2v) is 5.57. The summed E-state index contributed by atoms with van der Waals surface area (Å²) in [6.07, 6.45) is 4.32. The molecule has 1 aliphatic rings. The number of H-pyrrole nitrogens is 1. The minimum atomic E-state index is 0.296. The Morgan fingerprint density at radius 3 is 2.81 bits per heavy atom. The van der Waals surface area contributed by atoms with Crippen molar-refractivity contribution in [1.82, 2.24) is 15.3 Å². The van der Waals surface area contributed by atoms with E-state index in [1.54, 1.807) is 12.1 Å². The van der Waals surface area contributed by atoms with Gasteiger partial charge in [0, 0.05) is 11.8 Å². The number of benzene rings is 2. The molecule has 0 saturated carbocycles. The van der Waals surface area contributed by atoms with Crippen LogP contribution in [0.25, 0.3) is 22.0 Å². The second kappa shape index (κ2) is 4.90. The van der Waals surface area contributed by atoms with Gasteiger partial charge in [0.1, 0.15) is 11.6 Å². The van der Waals surface area contributed by atoms with Gasteiger partial charge in [-0.2, -0.15) is 0 Å². The van der Waals surface area contributed by atoms with Crippen LogP contribution in [0.2, 0.25) is 0 Å². The van der Waals surface area contributed by atoms with Gasteiger partial charge in [-0.15, -0.1) is 0 Å². The van der Waals surface area contributed by atoms with Gasteiger partial charge in [0.2, 0.25) is 0 Å². The second-order valence-electron chi connectivity index (χ2n) is 5.57. The lowest BCUT2D eigenvalue weighted by molar-refractivity contribution is 0.476. The summed E-state index contributed by atoms with van der Waals surface area (Å²) in [5.41, 5.74) is 2.06. The summed E-state index contributed by atoms with van der Waals surface area (Å²) in [4.78, 5) is 8.01. The highest BCUT2D eigenvalue weighted by atomic mass is 16.3. The first-order valence-corrected chi connectivity index (χ1v) is 7.31. The lowest BCUT2D eigenvalue weighted by Gasteiger charge is -2.05. The first kappa shape index (κ1) is 12.4.